The molecular weight excluding hydrogens is 491 g/mol. The number of hydrogen-bond donors (Lipinski definition) is 1. The van der Waals surface area contributed by atoms with Crippen LogP contribution in [0.3, 0.4) is 0 Å². The lowest BCUT2D eigenvalue weighted by molar-refractivity contribution is -0.115. The highest BCUT2D eigenvalue weighted by atomic mass is 35.5. The van der Waals surface area contributed by atoms with E-state index in [1.54, 1.807) is 30.3 Å². The molecule has 176 valence electrons. The number of nitrogens with zero attached hydrogens (tertiary/aromatic N) is 1. The summed E-state index contributed by atoms with van der Waals surface area (Å²) in [5.41, 5.74) is 3.98. The molecule has 0 saturated carbocycles. The minimum absolute atomic E-state index is 0.0594. The van der Waals surface area contributed by atoms with E-state index in [4.69, 9.17) is 23.2 Å². The van der Waals surface area contributed by atoms with Crippen LogP contribution in [0, 0.1) is 17.2 Å². The summed E-state index contributed by atoms with van der Waals surface area (Å²) < 4.78 is 23.2. The molecule has 0 bridgehead atoms. The van der Waals surface area contributed by atoms with Crippen molar-refractivity contribution in [1.82, 2.24) is 0 Å². The number of nitriles is 1. The van der Waals surface area contributed by atoms with Crippen LogP contribution in [-0.2, 0) is 27.5 Å². The molecule has 34 heavy (non-hydrogen) atoms. The van der Waals surface area contributed by atoms with Crippen LogP contribution >= 0.6 is 23.2 Å². The molecule has 0 spiro atoms. The fourth-order valence-electron chi connectivity index (χ4n) is 3.62. The first-order valence-electron chi connectivity index (χ1n) is 10.6. The number of halogens is 2. The first-order valence-corrected chi connectivity index (χ1v) is 13.2. The van der Waals surface area contributed by atoms with Gasteiger partial charge in [0, 0.05) is 17.5 Å². The van der Waals surface area contributed by atoms with Gasteiger partial charge in [-0.1, -0.05) is 61.3 Å². The maximum atomic E-state index is 12.5. The fraction of sp³-hybridized carbons (Fsp3) is 0.231. The van der Waals surface area contributed by atoms with Gasteiger partial charge in [0.15, 0.2) is 9.84 Å². The molecule has 0 radical (unpaired) electrons. The average Bonchev–Trinajstić information content (AvgIpc) is 2.73. The maximum absolute atomic E-state index is 12.5. The van der Waals surface area contributed by atoms with Crippen LogP contribution in [0.25, 0.3) is 11.1 Å². The zero-order chi connectivity index (χ0) is 25.0. The third-order valence-electron chi connectivity index (χ3n) is 5.19. The van der Waals surface area contributed by atoms with Gasteiger partial charge in [0.05, 0.1) is 33.0 Å². The van der Waals surface area contributed by atoms with Crippen molar-refractivity contribution in [2.75, 3.05) is 11.6 Å². The number of hydrogen-bond acceptors (Lipinski definition) is 4. The predicted octanol–water partition coefficient (Wildman–Crippen LogP) is 6.32. The molecule has 8 heteroatoms. The third kappa shape index (κ3) is 6.38. The second kappa shape index (κ2) is 10.6. The van der Waals surface area contributed by atoms with Crippen LogP contribution in [0.5, 0.6) is 0 Å². The number of sulfone groups is 1. The van der Waals surface area contributed by atoms with Crippen molar-refractivity contribution in [3.8, 4) is 17.2 Å². The molecule has 0 saturated heterocycles. The number of nitrogens with one attached hydrogen (secondary N) is 1. The van der Waals surface area contributed by atoms with Crippen molar-refractivity contribution >= 4 is 44.6 Å². The Balaban J connectivity index is 1.79. The Morgan fingerprint density at radius 3 is 2.18 bits per heavy atom. The number of amides is 1. The van der Waals surface area contributed by atoms with Crippen LogP contribution in [0.1, 0.15) is 30.5 Å². The Labute approximate surface area is 210 Å². The summed E-state index contributed by atoms with van der Waals surface area (Å²) in [6.07, 6.45) is 1.99. The van der Waals surface area contributed by atoms with Crippen LogP contribution in [0.2, 0.25) is 10.0 Å². The Hall–Kier alpha value is -2.85. The smallest absolute Gasteiger partial charge is 0.228 e. The van der Waals surface area contributed by atoms with Gasteiger partial charge in [-0.3, -0.25) is 4.79 Å². The Morgan fingerprint density at radius 2 is 1.65 bits per heavy atom. The van der Waals surface area contributed by atoms with Crippen LogP contribution in [-0.4, -0.2) is 20.6 Å². The van der Waals surface area contributed by atoms with Crippen molar-refractivity contribution < 1.29 is 13.2 Å². The van der Waals surface area contributed by atoms with E-state index < -0.39 is 9.84 Å². The van der Waals surface area contributed by atoms with Crippen molar-refractivity contribution in [2.45, 2.75) is 31.6 Å². The van der Waals surface area contributed by atoms with Gasteiger partial charge in [0.25, 0.3) is 0 Å². The van der Waals surface area contributed by atoms with Gasteiger partial charge in [0.2, 0.25) is 5.91 Å². The third-order valence-corrected chi connectivity index (χ3v) is 6.91. The van der Waals surface area contributed by atoms with E-state index in [1.807, 2.05) is 12.1 Å². The molecule has 0 heterocycles. The number of rotatable bonds is 7. The average molecular weight is 515 g/mol. The molecule has 1 amide bonds. The number of carbonyl (C=O) groups excluding carboxylic acids is 1. The lowest BCUT2D eigenvalue weighted by atomic mass is 9.94. The van der Waals surface area contributed by atoms with Crippen LogP contribution < -0.4 is 5.32 Å². The topological polar surface area (TPSA) is 87.0 Å². The van der Waals surface area contributed by atoms with Gasteiger partial charge < -0.3 is 5.32 Å². The molecule has 3 aromatic rings. The molecule has 0 atom stereocenters. The summed E-state index contributed by atoms with van der Waals surface area (Å²) in [6, 6.07) is 17.2. The summed E-state index contributed by atoms with van der Waals surface area (Å²) in [5.74, 6) is 0.127. The first kappa shape index (κ1) is 25.8. The molecular formula is C26H24Cl2N2O3S. The van der Waals surface area contributed by atoms with E-state index in [-0.39, 0.29) is 17.2 Å². The molecule has 3 rings (SSSR count). The van der Waals surface area contributed by atoms with Gasteiger partial charge in [-0.2, -0.15) is 5.26 Å². The molecule has 5 nitrogen and oxygen atoms in total. The maximum Gasteiger partial charge on any atom is 0.228 e. The predicted molar refractivity (Wildman–Crippen MR) is 137 cm³/mol. The molecule has 0 aromatic heterocycles. The lowest BCUT2D eigenvalue weighted by Gasteiger charge is -2.14. The molecule has 3 aromatic carbocycles. The molecule has 0 unspecified atom stereocenters. The van der Waals surface area contributed by atoms with Crippen molar-refractivity contribution in [3.63, 3.8) is 0 Å². The van der Waals surface area contributed by atoms with Crippen molar-refractivity contribution in [3.05, 3.63) is 81.3 Å². The quantitative estimate of drug-likeness (QED) is 0.399. The number of benzene rings is 3. The van der Waals surface area contributed by atoms with Crippen LogP contribution in [0.15, 0.2) is 59.5 Å². The number of anilines is 1. The lowest BCUT2D eigenvalue weighted by Crippen LogP contribution is -2.14. The van der Waals surface area contributed by atoms with Gasteiger partial charge in [-0.15, -0.1) is 0 Å². The fourth-order valence-corrected chi connectivity index (χ4v) is 4.96. The minimum atomic E-state index is -3.29. The summed E-state index contributed by atoms with van der Waals surface area (Å²) in [7, 11) is -3.29. The highest BCUT2D eigenvalue weighted by Gasteiger charge is 2.15. The van der Waals surface area contributed by atoms with E-state index in [9.17, 15) is 18.5 Å². The van der Waals surface area contributed by atoms with E-state index in [1.165, 1.54) is 12.1 Å². The summed E-state index contributed by atoms with van der Waals surface area (Å²) in [6.45, 7) is 4.20. The molecule has 0 aliphatic heterocycles. The first-order chi connectivity index (χ1) is 16.0. The van der Waals surface area contributed by atoms with E-state index in [0.29, 0.717) is 38.3 Å². The SMILES string of the molecule is CC(C)Cc1ccc(-c2c(Cl)cc(NC(=O)Cc3ccc(S(C)(=O)=O)cc3)cc2Cl)cc1C#N. The minimum Gasteiger partial charge on any atom is -0.326 e. The molecule has 1 N–H and O–H groups in total. The summed E-state index contributed by atoms with van der Waals surface area (Å²) >= 11 is 13.0. The standard InChI is InChI=1S/C26H24Cl2N2O3S/c1-16(2)10-18-6-7-19(12-20(18)15-29)26-23(27)13-21(14-24(26)28)30-25(31)11-17-4-8-22(9-5-17)34(3,32)33/h4-9,12-14,16H,10-11H2,1-3H3,(H,30,31). The highest BCUT2D eigenvalue weighted by Crippen LogP contribution is 2.38. The monoisotopic (exact) mass is 514 g/mol. The second-order valence-corrected chi connectivity index (χ2v) is 11.4. The Kier molecular flexibility index (Phi) is 8.04. The van der Waals surface area contributed by atoms with Gasteiger partial charge >= 0.3 is 0 Å². The zero-order valence-corrected chi connectivity index (χ0v) is 21.4. The largest absolute Gasteiger partial charge is 0.326 e. The summed E-state index contributed by atoms with van der Waals surface area (Å²) in [5, 5.41) is 13.0. The molecule has 0 fully saturated rings. The normalized spacial score (nSPS) is 11.3. The summed E-state index contributed by atoms with van der Waals surface area (Å²) in [4.78, 5) is 12.7. The van der Waals surface area contributed by atoms with Gasteiger partial charge in [0.1, 0.15) is 0 Å². The van der Waals surface area contributed by atoms with E-state index in [0.717, 1.165) is 23.8 Å². The highest BCUT2D eigenvalue weighted by molar-refractivity contribution is 7.90. The second-order valence-electron chi connectivity index (χ2n) is 8.54. The zero-order valence-electron chi connectivity index (χ0n) is 19.0. The Morgan fingerprint density at radius 1 is 1.03 bits per heavy atom. The number of carbonyl (C=O) groups is 1. The van der Waals surface area contributed by atoms with Gasteiger partial charge in [-0.05, 0) is 59.4 Å². The van der Waals surface area contributed by atoms with Crippen LogP contribution in [0.4, 0.5) is 5.69 Å². The van der Waals surface area contributed by atoms with Crippen molar-refractivity contribution in [1.29, 1.82) is 5.26 Å². The molecule has 0 aliphatic rings. The van der Waals surface area contributed by atoms with E-state index >= 15 is 0 Å². The van der Waals surface area contributed by atoms with Crippen molar-refractivity contribution in [2.24, 2.45) is 5.92 Å². The molecule has 0 aliphatic carbocycles. The van der Waals surface area contributed by atoms with Gasteiger partial charge in [-0.25, -0.2) is 8.42 Å². The Bertz CT molecular complexity index is 1350. The van der Waals surface area contributed by atoms with E-state index in [2.05, 4.69) is 25.2 Å².